The molecule has 3 aromatic rings. The lowest BCUT2D eigenvalue weighted by molar-refractivity contribution is -0.138. The van der Waals surface area contributed by atoms with Gasteiger partial charge in [0.2, 0.25) is 5.91 Å². The zero-order chi connectivity index (χ0) is 23.9. The minimum Gasteiger partial charge on any atom is -0.373 e. The molecule has 1 atom stereocenters. The van der Waals surface area contributed by atoms with Crippen LogP contribution >= 0.6 is 11.6 Å². The number of amides is 1. The van der Waals surface area contributed by atoms with Gasteiger partial charge in [-0.05, 0) is 36.8 Å². The van der Waals surface area contributed by atoms with Crippen molar-refractivity contribution in [2.75, 3.05) is 26.0 Å². The molecule has 0 bridgehead atoms. The summed E-state index contributed by atoms with van der Waals surface area (Å²) in [5.41, 5.74) is 2.44. The van der Waals surface area contributed by atoms with E-state index in [0.29, 0.717) is 38.2 Å². The number of rotatable bonds is 5. The molecule has 33 heavy (non-hydrogen) atoms. The third kappa shape index (κ3) is 4.76. The zero-order valence-electron chi connectivity index (χ0n) is 18.6. The van der Waals surface area contributed by atoms with Crippen molar-refractivity contribution in [1.82, 2.24) is 14.5 Å². The second-order valence-corrected chi connectivity index (χ2v) is 10.7. The second kappa shape index (κ2) is 9.04. The number of sulfone groups is 1. The van der Waals surface area contributed by atoms with Crippen molar-refractivity contribution < 1.29 is 22.3 Å². The van der Waals surface area contributed by atoms with E-state index in [4.69, 9.17) is 16.3 Å². The average molecular weight is 494 g/mol. The van der Waals surface area contributed by atoms with Crippen molar-refractivity contribution in [3.05, 3.63) is 46.7 Å². The first kappa shape index (κ1) is 23.7. The molecule has 4 rings (SSSR count). The first-order chi connectivity index (χ1) is 15.6. The van der Waals surface area contributed by atoms with Crippen LogP contribution in [0, 0.1) is 12.7 Å². The molecule has 0 spiro atoms. The first-order valence-electron chi connectivity index (χ1n) is 10.6. The Balaban J connectivity index is 1.82. The summed E-state index contributed by atoms with van der Waals surface area (Å²) < 4.78 is 46.8. The number of benzene rings is 2. The van der Waals surface area contributed by atoms with E-state index in [2.05, 4.69) is 4.98 Å². The summed E-state index contributed by atoms with van der Waals surface area (Å²) in [6, 6.07) is 7.92. The largest absolute Gasteiger partial charge is 0.373 e. The van der Waals surface area contributed by atoms with Gasteiger partial charge in [-0.3, -0.25) is 4.79 Å². The van der Waals surface area contributed by atoms with Crippen molar-refractivity contribution in [1.29, 1.82) is 0 Å². The molecule has 1 fully saturated rings. The standard InChI is InChI=1S/C23H25ClFN3O4S/c1-4-21(29)27-7-8-32-15(12-27)13-28-20-6-5-14(2)9-19(20)26-23(28)22-17(24)10-16(11-18(22)25)33(3,30)31/h5-6,9-11,15H,4,7-8,12-13H2,1-3H3/t15-/m1/s1. The molecule has 1 aliphatic heterocycles. The number of morpholine rings is 1. The highest BCUT2D eigenvalue weighted by Crippen LogP contribution is 2.35. The van der Waals surface area contributed by atoms with E-state index in [9.17, 15) is 13.2 Å². The highest BCUT2D eigenvalue weighted by molar-refractivity contribution is 7.90. The molecule has 1 amide bonds. The molecule has 2 aromatic carbocycles. The van der Waals surface area contributed by atoms with Gasteiger partial charge in [0.1, 0.15) is 11.6 Å². The van der Waals surface area contributed by atoms with Crippen molar-refractivity contribution in [3.63, 3.8) is 0 Å². The number of carbonyl (C=O) groups is 1. The maximum atomic E-state index is 15.2. The number of aromatic nitrogens is 2. The molecule has 0 radical (unpaired) electrons. The molecule has 1 aromatic heterocycles. The Morgan fingerprint density at radius 1 is 1.30 bits per heavy atom. The van der Waals surface area contributed by atoms with Gasteiger partial charge in [0.25, 0.3) is 0 Å². The fraction of sp³-hybridized carbons (Fsp3) is 0.391. The molecular weight excluding hydrogens is 469 g/mol. The van der Waals surface area contributed by atoms with Gasteiger partial charge in [-0.1, -0.05) is 24.6 Å². The molecule has 1 saturated heterocycles. The number of imidazole rings is 1. The lowest BCUT2D eigenvalue weighted by Gasteiger charge is -2.33. The fourth-order valence-corrected chi connectivity index (χ4v) is 5.08. The molecular formula is C23H25ClFN3O4S. The molecule has 10 heteroatoms. The van der Waals surface area contributed by atoms with Crippen LogP contribution in [0.15, 0.2) is 35.2 Å². The highest BCUT2D eigenvalue weighted by atomic mass is 35.5. The van der Waals surface area contributed by atoms with Gasteiger partial charge in [-0.15, -0.1) is 0 Å². The number of aryl methyl sites for hydroxylation is 1. The molecule has 7 nitrogen and oxygen atoms in total. The van der Waals surface area contributed by atoms with Crippen LogP contribution in [-0.4, -0.2) is 60.8 Å². The van der Waals surface area contributed by atoms with Crippen molar-refractivity contribution in [2.24, 2.45) is 0 Å². The number of fused-ring (bicyclic) bond motifs is 1. The van der Waals surface area contributed by atoms with E-state index in [1.807, 2.05) is 36.6 Å². The van der Waals surface area contributed by atoms with E-state index >= 15 is 4.39 Å². The predicted octanol–water partition coefficient (Wildman–Crippen LogP) is 3.85. The Labute approximate surface area is 197 Å². The summed E-state index contributed by atoms with van der Waals surface area (Å²) in [5.74, 6) is -0.440. The summed E-state index contributed by atoms with van der Waals surface area (Å²) in [4.78, 5) is 18.4. The van der Waals surface area contributed by atoms with Crippen LogP contribution in [0.1, 0.15) is 18.9 Å². The molecule has 176 valence electrons. The molecule has 0 N–H and O–H groups in total. The Morgan fingerprint density at radius 2 is 2.06 bits per heavy atom. The van der Waals surface area contributed by atoms with Crippen LogP contribution in [0.3, 0.4) is 0 Å². The maximum Gasteiger partial charge on any atom is 0.222 e. The van der Waals surface area contributed by atoms with Crippen LogP contribution < -0.4 is 0 Å². The highest BCUT2D eigenvalue weighted by Gasteiger charge is 2.27. The Morgan fingerprint density at radius 3 is 2.73 bits per heavy atom. The van der Waals surface area contributed by atoms with Crippen molar-refractivity contribution in [3.8, 4) is 11.4 Å². The van der Waals surface area contributed by atoms with Crippen LogP contribution in [0.2, 0.25) is 5.02 Å². The maximum absolute atomic E-state index is 15.2. The van der Waals surface area contributed by atoms with Gasteiger partial charge >= 0.3 is 0 Å². The SMILES string of the molecule is CCC(=O)N1CCO[C@@H](Cn2c(-c3c(F)cc(S(C)(=O)=O)cc3Cl)nc3cc(C)ccc32)C1. The van der Waals surface area contributed by atoms with Gasteiger partial charge in [0.05, 0.1) is 45.8 Å². The third-order valence-electron chi connectivity index (χ3n) is 5.75. The summed E-state index contributed by atoms with van der Waals surface area (Å²) in [5, 5.41) is -0.0453. The number of ether oxygens (including phenoxy) is 1. The van der Waals surface area contributed by atoms with E-state index in [1.54, 1.807) is 4.90 Å². The number of hydrogen-bond donors (Lipinski definition) is 0. The molecule has 1 aliphatic rings. The summed E-state index contributed by atoms with van der Waals surface area (Å²) in [6.07, 6.45) is 1.10. The van der Waals surface area contributed by atoms with Gasteiger partial charge in [-0.25, -0.2) is 17.8 Å². The Hall–Kier alpha value is -2.49. The number of halogens is 2. The Bertz CT molecular complexity index is 1320. The topological polar surface area (TPSA) is 81.5 Å². The molecule has 0 aliphatic carbocycles. The average Bonchev–Trinajstić information content (AvgIpc) is 3.09. The lowest BCUT2D eigenvalue weighted by atomic mass is 10.1. The van der Waals surface area contributed by atoms with Crippen LogP contribution in [-0.2, 0) is 25.9 Å². The van der Waals surface area contributed by atoms with E-state index in [1.165, 1.54) is 6.07 Å². The minimum atomic E-state index is -3.64. The van der Waals surface area contributed by atoms with E-state index in [0.717, 1.165) is 23.4 Å². The molecule has 2 heterocycles. The van der Waals surface area contributed by atoms with Crippen molar-refractivity contribution >= 4 is 38.4 Å². The summed E-state index contributed by atoms with van der Waals surface area (Å²) in [7, 11) is -3.64. The minimum absolute atomic E-state index is 0.0234. The third-order valence-corrected chi connectivity index (χ3v) is 7.14. The fourth-order valence-electron chi connectivity index (χ4n) is 4.08. The summed E-state index contributed by atoms with van der Waals surface area (Å²) in [6.45, 7) is 5.45. The predicted molar refractivity (Wildman–Crippen MR) is 125 cm³/mol. The van der Waals surface area contributed by atoms with E-state index in [-0.39, 0.29) is 33.3 Å². The van der Waals surface area contributed by atoms with Crippen LogP contribution in [0.25, 0.3) is 22.4 Å². The molecule has 0 saturated carbocycles. The number of nitrogens with zero attached hydrogens (tertiary/aromatic N) is 3. The van der Waals surface area contributed by atoms with Crippen molar-refractivity contribution in [2.45, 2.75) is 37.8 Å². The van der Waals surface area contributed by atoms with Gasteiger partial charge in [0, 0.05) is 25.8 Å². The van der Waals surface area contributed by atoms with Gasteiger partial charge < -0.3 is 14.2 Å². The molecule has 0 unspecified atom stereocenters. The monoisotopic (exact) mass is 493 g/mol. The number of hydrogen-bond acceptors (Lipinski definition) is 5. The summed E-state index contributed by atoms with van der Waals surface area (Å²) >= 11 is 6.39. The van der Waals surface area contributed by atoms with Gasteiger partial charge in [-0.2, -0.15) is 0 Å². The normalized spacial score (nSPS) is 17.0. The lowest BCUT2D eigenvalue weighted by Crippen LogP contribution is -2.46. The number of carbonyl (C=O) groups excluding carboxylic acids is 1. The first-order valence-corrected chi connectivity index (χ1v) is 12.9. The Kier molecular flexibility index (Phi) is 6.48. The van der Waals surface area contributed by atoms with Crippen LogP contribution in [0.5, 0.6) is 0 Å². The van der Waals surface area contributed by atoms with E-state index < -0.39 is 15.7 Å². The van der Waals surface area contributed by atoms with Gasteiger partial charge in [0.15, 0.2) is 9.84 Å². The quantitative estimate of drug-likeness (QED) is 0.539. The van der Waals surface area contributed by atoms with Crippen LogP contribution in [0.4, 0.5) is 4.39 Å². The second-order valence-electron chi connectivity index (χ2n) is 8.26. The smallest absolute Gasteiger partial charge is 0.222 e. The zero-order valence-corrected chi connectivity index (χ0v) is 20.2.